The van der Waals surface area contributed by atoms with E-state index in [1.165, 1.54) is 11.3 Å². The Bertz CT molecular complexity index is 749. The van der Waals surface area contributed by atoms with Gasteiger partial charge in [0.1, 0.15) is 15.6 Å². The molecule has 1 amide bonds. The average molecular weight is 374 g/mol. The van der Waals surface area contributed by atoms with E-state index in [9.17, 15) is 4.79 Å². The summed E-state index contributed by atoms with van der Waals surface area (Å²) >= 11 is 1.45. The molecule has 0 aliphatic carbocycles. The van der Waals surface area contributed by atoms with E-state index in [4.69, 9.17) is 4.74 Å². The Morgan fingerprint density at radius 3 is 2.65 bits per heavy atom. The lowest BCUT2D eigenvalue weighted by atomic mass is 9.81. The van der Waals surface area contributed by atoms with E-state index in [0.29, 0.717) is 18.0 Å². The monoisotopic (exact) mass is 373 g/mol. The van der Waals surface area contributed by atoms with Gasteiger partial charge in [0.05, 0.1) is 12.3 Å². The first-order valence-electron chi connectivity index (χ1n) is 9.20. The number of carbonyl (C=O) groups excluding carboxylic acids is 1. The predicted octanol–water partition coefficient (Wildman–Crippen LogP) is 3.64. The van der Waals surface area contributed by atoms with Crippen LogP contribution in [0.5, 0.6) is 5.75 Å². The molecule has 1 aromatic heterocycles. The molecule has 5 nitrogen and oxygen atoms in total. The van der Waals surface area contributed by atoms with E-state index < -0.39 is 0 Å². The Hall–Kier alpha value is -1.92. The molecular weight excluding hydrogens is 346 g/mol. The van der Waals surface area contributed by atoms with Crippen molar-refractivity contribution in [3.8, 4) is 16.3 Å². The molecular formula is C20H27N3O2S. The largest absolute Gasteiger partial charge is 0.494 e. The molecule has 0 radical (unpaired) electrons. The van der Waals surface area contributed by atoms with E-state index in [1.807, 2.05) is 38.1 Å². The molecule has 26 heavy (non-hydrogen) atoms. The Labute approximate surface area is 159 Å². The van der Waals surface area contributed by atoms with Gasteiger partial charge in [-0.3, -0.25) is 4.79 Å². The van der Waals surface area contributed by atoms with Gasteiger partial charge in [-0.25, -0.2) is 4.98 Å². The highest BCUT2D eigenvalue weighted by molar-refractivity contribution is 7.17. The van der Waals surface area contributed by atoms with Gasteiger partial charge in [-0.2, -0.15) is 0 Å². The maximum Gasteiger partial charge on any atom is 0.263 e. The van der Waals surface area contributed by atoms with Gasteiger partial charge in [0, 0.05) is 12.1 Å². The first-order chi connectivity index (χ1) is 12.5. The lowest BCUT2D eigenvalue weighted by Crippen LogP contribution is -2.42. The van der Waals surface area contributed by atoms with Crippen molar-refractivity contribution in [2.75, 3.05) is 26.2 Å². The molecule has 2 heterocycles. The number of benzene rings is 1. The summed E-state index contributed by atoms with van der Waals surface area (Å²) in [5, 5.41) is 7.36. The summed E-state index contributed by atoms with van der Waals surface area (Å²) in [6.45, 7) is 9.52. The summed E-state index contributed by atoms with van der Waals surface area (Å²) in [6.07, 6.45) is 2.18. The molecule has 1 aromatic carbocycles. The molecule has 0 saturated carbocycles. The predicted molar refractivity (Wildman–Crippen MR) is 106 cm³/mol. The summed E-state index contributed by atoms with van der Waals surface area (Å²) in [5.41, 5.74) is 1.97. The molecule has 1 fully saturated rings. The van der Waals surface area contributed by atoms with Gasteiger partial charge in [-0.15, -0.1) is 11.3 Å². The van der Waals surface area contributed by atoms with Gasteiger partial charge >= 0.3 is 0 Å². The summed E-state index contributed by atoms with van der Waals surface area (Å²) in [7, 11) is 0. The molecule has 0 unspecified atom stereocenters. The molecule has 0 spiro atoms. The van der Waals surface area contributed by atoms with Gasteiger partial charge in [0.25, 0.3) is 5.91 Å². The Kier molecular flexibility index (Phi) is 5.94. The fourth-order valence-electron chi connectivity index (χ4n) is 3.17. The van der Waals surface area contributed by atoms with Crippen LogP contribution in [0.1, 0.15) is 42.1 Å². The van der Waals surface area contributed by atoms with Crippen molar-refractivity contribution in [2.45, 2.75) is 33.6 Å². The Morgan fingerprint density at radius 2 is 2.00 bits per heavy atom. The number of rotatable bonds is 6. The third-order valence-corrected chi connectivity index (χ3v) is 6.11. The second-order valence-corrected chi connectivity index (χ2v) is 8.13. The highest BCUT2D eigenvalue weighted by Crippen LogP contribution is 2.30. The van der Waals surface area contributed by atoms with Crippen LogP contribution in [-0.4, -0.2) is 37.1 Å². The maximum absolute atomic E-state index is 12.7. The topological polar surface area (TPSA) is 63.2 Å². The van der Waals surface area contributed by atoms with Crippen LogP contribution < -0.4 is 15.4 Å². The van der Waals surface area contributed by atoms with Crippen molar-refractivity contribution in [1.29, 1.82) is 0 Å². The number of aryl methyl sites for hydroxylation is 1. The molecule has 1 saturated heterocycles. The van der Waals surface area contributed by atoms with Crippen molar-refractivity contribution in [1.82, 2.24) is 15.6 Å². The number of hydrogen-bond acceptors (Lipinski definition) is 5. The fraction of sp³-hybridized carbons (Fsp3) is 0.500. The number of carbonyl (C=O) groups is 1. The molecule has 0 bridgehead atoms. The number of amides is 1. The van der Waals surface area contributed by atoms with Crippen LogP contribution in [0.15, 0.2) is 24.3 Å². The minimum absolute atomic E-state index is 0.0167. The first-order valence-corrected chi connectivity index (χ1v) is 10.0. The van der Waals surface area contributed by atoms with Gasteiger partial charge in [-0.05, 0) is 69.5 Å². The quantitative estimate of drug-likeness (QED) is 0.811. The smallest absolute Gasteiger partial charge is 0.263 e. The normalized spacial score (nSPS) is 16.3. The molecule has 1 aliphatic rings. The molecule has 0 atom stereocenters. The van der Waals surface area contributed by atoms with E-state index in [0.717, 1.165) is 47.9 Å². The number of aromatic nitrogens is 1. The van der Waals surface area contributed by atoms with Crippen molar-refractivity contribution in [2.24, 2.45) is 5.41 Å². The lowest BCUT2D eigenvalue weighted by Gasteiger charge is -2.34. The second kappa shape index (κ2) is 8.18. The van der Waals surface area contributed by atoms with Crippen molar-refractivity contribution < 1.29 is 9.53 Å². The molecule has 140 valence electrons. The van der Waals surface area contributed by atoms with Crippen molar-refractivity contribution in [3.05, 3.63) is 34.8 Å². The standard InChI is InChI=1S/C20H27N3O2S/c1-4-25-16-7-5-15(6-8-16)19-23-14(2)17(26-19)18(24)22-13-20(3)9-11-21-12-10-20/h5-8,21H,4,9-13H2,1-3H3,(H,22,24). The summed E-state index contributed by atoms with van der Waals surface area (Å²) in [6, 6.07) is 7.85. The van der Waals surface area contributed by atoms with Gasteiger partial charge in [-0.1, -0.05) is 6.92 Å². The summed E-state index contributed by atoms with van der Waals surface area (Å²) in [4.78, 5) is 18.0. The molecule has 2 N–H and O–H groups in total. The van der Waals surface area contributed by atoms with E-state index in [2.05, 4.69) is 22.5 Å². The van der Waals surface area contributed by atoms with Crippen LogP contribution >= 0.6 is 11.3 Å². The first kappa shape index (κ1) is 18.9. The number of thiazole rings is 1. The number of piperidine rings is 1. The zero-order valence-corrected chi connectivity index (χ0v) is 16.5. The fourth-order valence-corrected chi connectivity index (χ4v) is 4.16. The summed E-state index contributed by atoms with van der Waals surface area (Å²) < 4.78 is 5.48. The minimum atomic E-state index is -0.0167. The van der Waals surface area contributed by atoms with Gasteiger partial charge in [0.15, 0.2) is 0 Å². The van der Waals surface area contributed by atoms with E-state index in [1.54, 1.807) is 0 Å². The van der Waals surface area contributed by atoms with Crippen LogP contribution in [0.2, 0.25) is 0 Å². The Balaban J connectivity index is 1.68. The number of nitrogens with zero attached hydrogens (tertiary/aromatic N) is 1. The van der Waals surface area contributed by atoms with Crippen molar-refractivity contribution in [3.63, 3.8) is 0 Å². The highest BCUT2D eigenvalue weighted by atomic mass is 32.1. The number of nitrogens with one attached hydrogen (secondary N) is 2. The van der Waals surface area contributed by atoms with Crippen LogP contribution in [0.25, 0.3) is 10.6 Å². The lowest BCUT2D eigenvalue weighted by molar-refractivity contribution is 0.0925. The third-order valence-electron chi connectivity index (χ3n) is 4.90. The van der Waals surface area contributed by atoms with Gasteiger partial charge < -0.3 is 15.4 Å². The third kappa shape index (κ3) is 4.43. The number of ether oxygens (including phenoxy) is 1. The zero-order chi connectivity index (χ0) is 18.6. The second-order valence-electron chi connectivity index (χ2n) is 7.13. The maximum atomic E-state index is 12.7. The van der Waals surface area contributed by atoms with Crippen LogP contribution in [0.3, 0.4) is 0 Å². The SMILES string of the molecule is CCOc1ccc(-c2nc(C)c(C(=O)NCC3(C)CCNCC3)s2)cc1. The highest BCUT2D eigenvalue weighted by Gasteiger charge is 2.28. The average Bonchev–Trinajstić information content (AvgIpc) is 3.03. The molecule has 6 heteroatoms. The van der Waals surface area contributed by atoms with Crippen LogP contribution in [-0.2, 0) is 0 Å². The van der Waals surface area contributed by atoms with E-state index in [-0.39, 0.29) is 11.3 Å². The molecule has 2 aromatic rings. The molecule has 1 aliphatic heterocycles. The summed E-state index contributed by atoms with van der Waals surface area (Å²) in [5.74, 6) is 0.828. The van der Waals surface area contributed by atoms with Crippen LogP contribution in [0.4, 0.5) is 0 Å². The van der Waals surface area contributed by atoms with E-state index >= 15 is 0 Å². The van der Waals surface area contributed by atoms with Crippen LogP contribution in [0, 0.1) is 12.3 Å². The van der Waals surface area contributed by atoms with Crippen molar-refractivity contribution >= 4 is 17.2 Å². The molecule has 3 rings (SSSR count). The Morgan fingerprint density at radius 1 is 1.31 bits per heavy atom. The van der Waals surface area contributed by atoms with Gasteiger partial charge in [0.2, 0.25) is 0 Å². The number of hydrogen-bond donors (Lipinski definition) is 2. The minimum Gasteiger partial charge on any atom is -0.494 e. The zero-order valence-electron chi connectivity index (χ0n) is 15.7.